The monoisotopic (exact) mass is 1590 g/mol. The van der Waals surface area contributed by atoms with Crippen molar-refractivity contribution >= 4 is 66.3 Å². The van der Waals surface area contributed by atoms with E-state index in [2.05, 4.69) is 172 Å². The first-order valence-electron chi connectivity index (χ1n) is 42.3. The summed E-state index contributed by atoms with van der Waals surface area (Å²) < 4.78 is 0. The molecule has 6 aromatic heterocycles. The molecule has 6 heterocycles. The smallest absolute Gasteiger partial charge is 0.128 e. The Balaban J connectivity index is 0.000000122. The number of fused-ring (bicyclic) bond motifs is 4. The summed E-state index contributed by atoms with van der Waals surface area (Å²) in [5.41, 5.74) is 17.6. The molecule has 14 aromatic rings. The molecule has 8 atom stereocenters. The molecule has 0 aliphatic heterocycles. The maximum absolute atomic E-state index is 10.9. The van der Waals surface area contributed by atoms with E-state index in [1.54, 1.807) is 22.7 Å². The molecule has 0 spiro atoms. The molecule has 4 unspecified atom stereocenters. The molecular formula is C98H116N12O4S2. The van der Waals surface area contributed by atoms with Gasteiger partial charge in [-0.05, 0) is 180 Å². The second-order valence-electron chi connectivity index (χ2n) is 32.3. The van der Waals surface area contributed by atoms with Gasteiger partial charge < -0.3 is 82.9 Å². The van der Waals surface area contributed by atoms with E-state index in [-0.39, 0.29) is 0 Å². The van der Waals surface area contributed by atoms with E-state index < -0.39 is 0 Å². The fraction of sp³-hybridized carbons (Fsp3) is 0.347. The number of benzene rings is 8. The third-order valence-corrected chi connectivity index (χ3v) is 26.3. The quantitative estimate of drug-likeness (QED) is 0.0242. The van der Waals surface area contributed by atoms with Gasteiger partial charge in [-0.25, -0.2) is 0 Å². The van der Waals surface area contributed by atoms with Crippen LogP contribution in [0.3, 0.4) is 0 Å². The van der Waals surface area contributed by atoms with E-state index in [0.717, 1.165) is 106 Å². The van der Waals surface area contributed by atoms with Gasteiger partial charge in [0.15, 0.2) is 0 Å². The van der Waals surface area contributed by atoms with Crippen LogP contribution < -0.4 is 42.5 Å². The molecule has 0 radical (unpaired) electrons. The van der Waals surface area contributed by atoms with Gasteiger partial charge in [-0.15, -0.1) is 22.7 Å². The first-order chi connectivity index (χ1) is 57.0. The highest BCUT2D eigenvalue weighted by atomic mass is 32.1. The fourth-order valence-corrected chi connectivity index (χ4v) is 19.4. The van der Waals surface area contributed by atoms with Crippen molar-refractivity contribution in [1.82, 2.24) is 62.5 Å². The van der Waals surface area contributed by atoms with E-state index in [9.17, 15) is 20.4 Å². The van der Waals surface area contributed by atoms with Crippen molar-refractivity contribution in [3.63, 3.8) is 0 Å². The van der Waals surface area contributed by atoms with Gasteiger partial charge in [-0.2, -0.15) is 0 Å². The van der Waals surface area contributed by atoms with Crippen LogP contribution in [0, 0.1) is 13.8 Å². The summed E-state index contributed by atoms with van der Waals surface area (Å²) in [5.74, 6) is 1.52. The second kappa shape index (κ2) is 40.4. The summed E-state index contributed by atoms with van der Waals surface area (Å²) in [5, 5.41) is 81.4. The molecule has 4 aliphatic rings. The van der Waals surface area contributed by atoms with Crippen LogP contribution in [-0.2, 0) is 52.4 Å². The molecule has 4 aliphatic carbocycles. The van der Waals surface area contributed by atoms with Gasteiger partial charge in [0, 0.05) is 190 Å². The maximum atomic E-state index is 10.9. The van der Waals surface area contributed by atoms with Crippen LogP contribution in [-0.4, -0.2) is 88.7 Å². The van der Waals surface area contributed by atoms with Crippen LogP contribution in [0.2, 0.25) is 0 Å². The zero-order valence-corrected chi connectivity index (χ0v) is 68.8. The lowest BCUT2D eigenvalue weighted by molar-refractivity contribution is 0.279. The maximum Gasteiger partial charge on any atom is 0.128 e. The lowest BCUT2D eigenvalue weighted by atomic mass is 9.89. The molecular weight excluding hydrogens is 1470 g/mol. The van der Waals surface area contributed by atoms with E-state index in [1.807, 2.05) is 134 Å². The summed E-state index contributed by atoms with van der Waals surface area (Å²) in [6.07, 6.45) is 23.6. The first kappa shape index (κ1) is 81.3. The van der Waals surface area contributed by atoms with Crippen molar-refractivity contribution < 1.29 is 20.4 Å². The van der Waals surface area contributed by atoms with Crippen molar-refractivity contribution in [2.24, 2.45) is 0 Å². The molecule has 18 rings (SSSR count). The summed E-state index contributed by atoms with van der Waals surface area (Å²) in [7, 11) is 0. The minimum atomic E-state index is 0.321. The number of aromatic nitrogens is 4. The predicted molar refractivity (Wildman–Crippen MR) is 481 cm³/mol. The number of H-pyrrole nitrogens is 4. The van der Waals surface area contributed by atoms with Crippen LogP contribution in [0.1, 0.15) is 159 Å². The minimum Gasteiger partial charge on any atom is -0.507 e. The number of aromatic amines is 4. The van der Waals surface area contributed by atoms with Crippen LogP contribution in [0.4, 0.5) is 0 Å². The number of hydrogen-bond acceptors (Lipinski definition) is 14. The molecule has 18 heteroatoms. The highest BCUT2D eigenvalue weighted by Crippen LogP contribution is 2.38. The number of nitrogens with one attached hydrogen (secondary N) is 12. The van der Waals surface area contributed by atoms with E-state index in [4.69, 9.17) is 0 Å². The number of hydrogen-bond donors (Lipinski definition) is 16. The average molecular weight is 1590 g/mol. The Labute approximate surface area is 691 Å². The minimum absolute atomic E-state index is 0.321. The van der Waals surface area contributed by atoms with Gasteiger partial charge in [0.05, 0.1) is 0 Å². The Bertz CT molecular complexity index is 5000. The summed E-state index contributed by atoms with van der Waals surface area (Å²) >= 11 is 3.28. The normalized spacial score (nSPS) is 19.6. The third-order valence-electron chi connectivity index (χ3n) is 24.5. The number of thiophene rings is 2. The first-order valence-corrected chi connectivity index (χ1v) is 44.1. The van der Waals surface area contributed by atoms with Gasteiger partial charge in [-0.3, -0.25) is 0 Å². The summed E-state index contributed by atoms with van der Waals surface area (Å²) in [4.78, 5) is 16.0. The molecule has 8 aromatic carbocycles. The van der Waals surface area contributed by atoms with Crippen LogP contribution in [0.15, 0.2) is 229 Å². The third kappa shape index (κ3) is 20.9. The zero-order chi connectivity index (χ0) is 79.4. The Hall–Kier alpha value is -9.80. The van der Waals surface area contributed by atoms with Gasteiger partial charge in [0.1, 0.15) is 23.0 Å². The molecule has 4 saturated carbocycles. The van der Waals surface area contributed by atoms with Gasteiger partial charge in [0.25, 0.3) is 0 Å². The lowest BCUT2D eigenvalue weighted by Crippen LogP contribution is -2.49. The molecule has 604 valence electrons. The van der Waals surface area contributed by atoms with E-state index >= 15 is 0 Å². The molecule has 0 amide bonds. The van der Waals surface area contributed by atoms with Crippen molar-refractivity contribution in [2.75, 3.05) is 0 Å². The van der Waals surface area contributed by atoms with Crippen LogP contribution in [0.25, 0.3) is 64.5 Å². The highest BCUT2D eigenvalue weighted by Gasteiger charge is 2.30. The Kier molecular flexibility index (Phi) is 28.3. The predicted octanol–water partition coefficient (Wildman–Crippen LogP) is 20.3. The van der Waals surface area contributed by atoms with Crippen LogP contribution >= 0.6 is 22.7 Å². The summed E-state index contributed by atoms with van der Waals surface area (Å²) in [6, 6.07) is 74.2. The van der Waals surface area contributed by atoms with Crippen molar-refractivity contribution in [3.05, 3.63) is 285 Å². The van der Waals surface area contributed by atoms with E-state index in [1.165, 1.54) is 143 Å². The largest absolute Gasteiger partial charge is 0.507 e. The topological polar surface area (TPSA) is 240 Å². The molecule has 0 bridgehead atoms. The average Bonchev–Trinajstić information content (AvgIpc) is 1.78. The van der Waals surface area contributed by atoms with Gasteiger partial charge >= 0.3 is 0 Å². The number of rotatable bonds is 26. The molecule has 4 fully saturated rings. The lowest BCUT2D eigenvalue weighted by Gasteiger charge is -2.33. The standard InChI is InChI=1S/C28H30N2O2S2.2C24H28N4.C22H30N2O2/c31-27-19(7-3-9-21(27)25-13-5-15-33-25)17-29-23-11-1-2-12-24(23)30-18-20-8-4-10-22(28(20)32)26-14-6-16-34-26;1-3-9-21-17(7-1)13-19(27-21)15-25-23-11-5-6-12-24(23)26-16-20-14-18-8-2-4-10-22(18)28-20;1-2-10-22(28-16-20-8-4-6-18-12-14-26-24(18)20)21(9-1)27-15-19-7-3-5-17-11-13-25-23(17)19;1-15-7-5-9-17(21(15)25)13-23-19-11-3-4-12-20(19)24-14-18-10-6-8-16(2)22(18)26/h3-10,13-16,23-24,29-32H,1-2,11-12,17-18H2;1-4,7-10,13-14,23-28H,5-6,11-12,15-16H2;3-8,11-14,21-22,25-28H,1-2,9-10,15-16H2;5-10,19-20,23-26H,3-4,11-14H2,1-2H3/t2*23-,24?;21-,22?;19-,20?/m1111/s1. The van der Waals surface area contributed by atoms with E-state index in [0.29, 0.717) is 97.5 Å². The Morgan fingerprint density at radius 1 is 0.293 bits per heavy atom. The molecule has 0 saturated heterocycles. The Morgan fingerprint density at radius 2 is 0.586 bits per heavy atom. The zero-order valence-electron chi connectivity index (χ0n) is 67.1. The van der Waals surface area contributed by atoms with Crippen molar-refractivity contribution in [2.45, 2.75) is 217 Å². The van der Waals surface area contributed by atoms with Crippen molar-refractivity contribution in [1.29, 1.82) is 0 Å². The van der Waals surface area contributed by atoms with Gasteiger partial charge in [0.2, 0.25) is 0 Å². The molecule has 16 nitrogen and oxygen atoms in total. The molecule has 116 heavy (non-hydrogen) atoms. The molecule has 16 N–H and O–H groups in total. The summed E-state index contributed by atoms with van der Waals surface area (Å²) in [6.45, 7) is 10.1. The number of aryl methyl sites for hydroxylation is 2. The second-order valence-corrected chi connectivity index (χ2v) is 34.2. The SMILES string of the molecule is Cc1cccc(CNC2CCCC[C@H]2NCc2cccc(C)c2O)c1O.Oc1c(CNC2CCCC[C@H]2NCc2cccc(-c3cccs3)c2O)cccc1-c1cccs1.c1cc(CNC2CCCC[C@H]2NCc2cccc3cc[nH]c23)c2[nH]ccc2c1.c1ccc2[nH]c(CNC3CCCC[C@H]3NCc3cc4ccccc4[nH]3)cc2c1. The number of phenolic OH excluding ortho intramolecular Hbond substituents is 4. The fourth-order valence-electron chi connectivity index (χ4n) is 17.9. The Morgan fingerprint density at radius 3 is 0.922 bits per heavy atom. The van der Waals surface area contributed by atoms with Crippen LogP contribution in [0.5, 0.6) is 23.0 Å². The van der Waals surface area contributed by atoms with Gasteiger partial charge in [-0.1, -0.05) is 197 Å². The number of para-hydroxylation sites is 8. The number of phenols is 4. The van der Waals surface area contributed by atoms with Crippen molar-refractivity contribution in [3.8, 4) is 43.9 Å². The highest BCUT2D eigenvalue weighted by molar-refractivity contribution is 7.13. The number of aromatic hydroxyl groups is 4.